The molecule has 2 aromatic carbocycles. The maximum absolute atomic E-state index is 12.9. The lowest BCUT2D eigenvalue weighted by Crippen LogP contribution is -2.72. The van der Waals surface area contributed by atoms with Gasteiger partial charge in [-0.15, -0.1) is 10.2 Å². The summed E-state index contributed by atoms with van der Waals surface area (Å²) < 4.78 is 25.8. The van der Waals surface area contributed by atoms with E-state index in [0.29, 0.717) is 11.5 Å². The van der Waals surface area contributed by atoms with Crippen LogP contribution in [0, 0.1) is 0 Å². The van der Waals surface area contributed by atoms with Gasteiger partial charge in [-0.1, -0.05) is 30.3 Å². The van der Waals surface area contributed by atoms with Gasteiger partial charge in [0.25, 0.3) is 0 Å². The summed E-state index contributed by atoms with van der Waals surface area (Å²) in [5.41, 5.74) is 15.2. The van der Waals surface area contributed by atoms with Gasteiger partial charge in [0.2, 0.25) is 9.84 Å². The van der Waals surface area contributed by atoms with E-state index in [9.17, 15) is 8.42 Å². The number of nitrogens with one attached hydrogen (secondary N) is 1. The predicted molar refractivity (Wildman–Crippen MR) is 89.0 cm³/mol. The summed E-state index contributed by atoms with van der Waals surface area (Å²) in [6.45, 7) is 0. The molecule has 1 saturated heterocycles. The van der Waals surface area contributed by atoms with E-state index in [-0.39, 0.29) is 22.0 Å². The van der Waals surface area contributed by atoms with Gasteiger partial charge >= 0.3 is 0 Å². The van der Waals surface area contributed by atoms with Gasteiger partial charge in [0, 0.05) is 0 Å². The lowest BCUT2D eigenvalue weighted by atomic mass is 10.2. The van der Waals surface area contributed by atoms with Crippen molar-refractivity contribution in [2.24, 2.45) is 16.6 Å². The van der Waals surface area contributed by atoms with Gasteiger partial charge in [-0.3, -0.25) is 5.43 Å². The van der Waals surface area contributed by atoms with Crippen LogP contribution in [-0.2, 0) is 9.84 Å². The lowest BCUT2D eigenvalue weighted by molar-refractivity contribution is -0.143. The van der Waals surface area contributed by atoms with Gasteiger partial charge in [0.1, 0.15) is 18.0 Å². The Morgan fingerprint density at radius 3 is 2.33 bits per heavy atom. The van der Waals surface area contributed by atoms with Crippen LogP contribution < -0.4 is 16.9 Å². The average Bonchev–Trinajstić information content (AvgIpc) is 3.09. The van der Waals surface area contributed by atoms with Crippen LogP contribution in [-0.4, -0.2) is 36.7 Å². The molecule has 0 saturated carbocycles. The smallest absolute Gasteiger partial charge is 0.208 e. The number of benzene rings is 2. The Labute approximate surface area is 139 Å². The Kier molecular flexibility index (Phi) is 3.23. The van der Waals surface area contributed by atoms with Crippen molar-refractivity contribution in [3.05, 3.63) is 54.6 Å². The number of hydrazone groups is 1. The number of hydrogen-bond acceptors (Lipinski definition) is 8. The maximum atomic E-state index is 12.9. The third-order valence-corrected chi connectivity index (χ3v) is 5.89. The molecule has 0 radical (unpaired) electrons. The summed E-state index contributed by atoms with van der Waals surface area (Å²) in [6.07, 6.45) is -0.324. The van der Waals surface area contributed by atoms with E-state index in [2.05, 4.69) is 10.5 Å². The Hall–Kier alpha value is -2.62. The zero-order valence-electron chi connectivity index (χ0n) is 12.6. The van der Waals surface area contributed by atoms with Crippen molar-refractivity contribution in [2.45, 2.75) is 22.0 Å². The number of para-hydroxylation sites is 1. The second-order valence-corrected chi connectivity index (χ2v) is 7.47. The van der Waals surface area contributed by atoms with Crippen molar-refractivity contribution in [2.75, 3.05) is 5.43 Å². The minimum atomic E-state index is -3.65. The summed E-state index contributed by atoms with van der Waals surface area (Å²) in [7, 11) is -3.65. The molecule has 2 atom stereocenters. The number of sulfone groups is 1. The van der Waals surface area contributed by atoms with Crippen molar-refractivity contribution < 1.29 is 8.42 Å². The highest BCUT2D eigenvalue weighted by Gasteiger charge is 2.53. The van der Waals surface area contributed by atoms with Crippen LogP contribution >= 0.6 is 0 Å². The largest absolute Gasteiger partial charge is 0.384 e. The van der Waals surface area contributed by atoms with E-state index in [1.165, 1.54) is 5.12 Å². The average molecular weight is 344 g/mol. The number of rotatable bonds is 4. The quantitative estimate of drug-likeness (QED) is 0.731. The van der Waals surface area contributed by atoms with Crippen LogP contribution in [0.25, 0.3) is 0 Å². The van der Waals surface area contributed by atoms with Crippen molar-refractivity contribution in [3.8, 4) is 0 Å². The highest BCUT2D eigenvalue weighted by atomic mass is 32.2. The molecule has 2 aromatic rings. The van der Waals surface area contributed by atoms with E-state index in [1.807, 2.05) is 0 Å². The lowest BCUT2D eigenvalue weighted by Gasteiger charge is -2.46. The van der Waals surface area contributed by atoms with Crippen molar-refractivity contribution >= 4 is 21.4 Å². The predicted octanol–water partition coefficient (Wildman–Crippen LogP) is 0.318. The number of hydrogen-bond donors (Lipinski definition) is 3. The maximum Gasteiger partial charge on any atom is 0.208 e. The summed E-state index contributed by atoms with van der Waals surface area (Å²) in [5.74, 6) is 0.401. The molecule has 0 aliphatic carbocycles. The molecule has 0 amide bonds. The monoisotopic (exact) mass is 344 g/mol. The summed E-state index contributed by atoms with van der Waals surface area (Å²) >= 11 is 0. The second kappa shape index (κ2) is 5.20. The van der Waals surface area contributed by atoms with E-state index >= 15 is 0 Å². The molecule has 8 nitrogen and oxygen atoms in total. The van der Waals surface area contributed by atoms with Gasteiger partial charge in [0.15, 0.2) is 0 Å². The van der Waals surface area contributed by atoms with Crippen LogP contribution in [0.1, 0.15) is 0 Å². The van der Waals surface area contributed by atoms with Crippen molar-refractivity contribution in [3.63, 3.8) is 0 Å². The zero-order valence-corrected chi connectivity index (χ0v) is 13.4. The molecule has 0 aromatic heterocycles. The van der Waals surface area contributed by atoms with Gasteiger partial charge in [-0.05, 0) is 24.3 Å². The first-order chi connectivity index (χ1) is 11.5. The molecular weight excluding hydrogens is 328 g/mol. The molecule has 24 heavy (non-hydrogen) atoms. The molecule has 124 valence electrons. The fourth-order valence-corrected chi connectivity index (χ4v) is 4.26. The van der Waals surface area contributed by atoms with Gasteiger partial charge in [-0.25, -0.2) is 8.42 Å². The standard InChI is InChI=1S/C15H16N6O2S/c16-14-13-15(17)21(19-14)20(13)18-11-8-4-5-9-12(11)24(22,23)10-6-2-1-3-7-10/h1-9,13,15,18H,17H2,(H2,16,19). The Morgan fingerprint density at radius 2 is 1.71 bits per heavy atom. The van der Waals surface area contributed by atoms with Crippen molar-refractivity contribution in [1.82, 2.24) is 10.2 Å². The minimum absolute atomic E-state index is 0.177. The molecule has 3 aliphatic heterocycles. The van der Waals surface area contributed by atoms with Gasteiger partial charge in [-0.2, -0.15) is 5.12 Å². The molecular formula is C15H16N6O2S. The minimum Gasteiger partial charge on any atom is -0.384 e. The third kappa shape index (κ3) is 2.06. The number of anilines is 1. The molecule has 3 aliphatic rings. The SMILES string of the molecule is NC1=NN2C(N)C1N2Nc1ccccc1S(=O)(=O)c1ccccc1. The molecule has 2 unspecified atom stereocenters. The topological polar surface area (TPSA) is 117 Å². The van der Waals surface area contributed by atoms with Crippen LogP contribution in [0.3, 0.4) is 0 Å². The summed E-state index contributed by atoms with van der Waals surface area (Å²) in [6, 6.07) is 14.7. The molecule has 5 rings (SSSR count). The molecule has 2 bridgehead atoms. The Balaban J connectivity index is 1.68. The first-order valence-electron chi connectivity index (χ1n) is 7.34. The van der Waals surface area contributed by atoms with Crippen LogP contribution in [0.4, 0.5) is 5.69 Å². The first kappa shape index (κ1) is 14.9. The number of amidine groups is 1. The number of nitrogens with zero attached hydrogens (tertiary/aromatic N) is 3. The highest BCUT2D eigenvalue weighted by molar-refractivity contribution is 7.91. The van der Waals surface area contributed by atoms with E-state index in [0.717, 1.165) is 0 Å². The normalized spacial score (nSPS) is 22.9. The summed E-state index contributed by atoms with van der Waals surface area (Å²) in [4.78, 5) is 0.412. The second-order valence-electron chi connectivity index (χ2n) is 5.55. The van der Waals surface area contributed by atoms with E-state index in [4.69, 9.17) is 11.5 Å². The first-order valence-corrected chi connectivity index (χ1v) is 8.82. The molecule has 0 spiro atoms. The number of hydrazine groups is 2. The number of nitrogens with two attached hydrogens (primary N) is 2. The van der Waals surface area contributed by atoms with Gasteiger partial charge < -0.3 is 11.5 Å². The Bertz CT molecular complexity index is 915. The molecule has 3 heterocycles. The van der Waals surface area contributed by atoms with Gasteiger partial charge in [0.05, 0.1) is 15.5 Å². The third-order valence-electron chi connectivity index (χ3n) is 4.06. The molecule has 1 fully saturated rings. The molecule has 9 heteroatoms. The van der Waals surface area contributed by atoms with Crippen LogP contribution in [0.15, 0.2) is 69.5 Å². The molecule has 5 N–H and O–H groups in total. The summed E-state index contributed by atoms with van der Waals surface area (Å²) in [5, 5.41) is 7.20. The zero-order chi connectivity index (χ0) is 16.9. The van der Waals surface area contributed by atoms with Crippen LogP contribution in [0.2, 0.25) is 0 Å². The Morgan fingerprint density at radius 1 is 1.04 bits per heavy atom. The van der Waals surface area contributed by atoms with Crippen molar-refractivity contribution in [1.29, 1.82) is 0 Å². The highest BCUT2D eigenvalue weighted by Crippen LogP contribution is 2.34. The fraction of sp³-hybridized carbons (Fsp3) is 0.133. The van der Waals surface area contributed by atoms with E-state index in [1.54, 1.807) is 59.7 Å². The van der Waals surface area contributed by atoms with Crippen LogP contribution in [0.5, 0.6) is 0 Å². The fourth-order valence-electron chi connectivity index (χ4n) is 2.83. The van der Waals surface area contributed by atoms with E-state index < -0.39 is 9.84 Å².